The number of methoxy groups -OCH3 is 1. The minimum absolute atomic E-state index is 0.729. The lowest BCUT2D eigenvalue weighted by Crippen LogP contribution is -2.39. The first-order valence-corrected chi connectivity index (χ1v) is 8.29. The van der Waals surface area contributed by atoms with Gasteiger partial charge in [0.1, 0.15) is 0 Å². The van der Waals surface area contributed by atoms with Crippen LogP contribution < -0.4 is 5.32 Å². The van der Waals surface area contributed by atoms with E-state index in [0.29, 0.717) is 0 Å². The summed E-state index contributed by atoms with van der Waals surface area (Å²) in [6, 6.07) is 7.90. The van der Waals surface area contributed by atoms with Gasteiger partial charge in [0.05, 0.1) is 6.61 Å². The van der Waals surface area contributed by atoms with Gasteiger partial charge in [0.25, 0.3) is 0 Å². The molecule has 0 amide bonds. The second-order valence-electron chi connectivity index (χ2n) is 5.57. The minimum Gasteiger partial charge on any atom is -0.383 e. The van der Waals surface area contributed by atoms with E-state index in [9.17, 15) is 0 Å². The molecule has 0 saturated heterocycles. The van der Waals surface area contributed by atoms with Gasteiger partial charge in [-0.2, -0.15) is 0 Å². The average Bonchev–Trinajstić information content (AvgIpc) is 2.55. The Bertz CT molecular complexity index is 481. The second kappa shape index (κ2) is 11.3. The second-order valence-corrected chi connectivity index (χ2v) is 5.98. The molecule has 0 saturated carbocycles. The molecular weight excluding hydrogens is 312 g/mol. The zero-order valence-corrected chi connectivity index (χ0v) is 15.4. The van der Waals surface area contributed by atoms with Crippen LogP contribution in [0.25, 0.3) is 0 Å². The van der Waals surface area contributed by atoms with Crippen molar-refractivity contribution in [1.29, 1.82) is 0 Å². The van der Waals surface area contributed by atoms with Crippen molar-refractivity contribution in [2.45, 2.75) is 13.0 Å². The molecule has 6 heteroatoms. The number of rotatable bonds is 9. The average molecular weight is 341 g/mol. The Balaban J connectivity index is 2.35. The lowest BCUT2D eigenvalue weighted by molar-refractivity contribution is 0.161. The van der Waals surface area contributed by atoms with Gasteiger partial charge in [-0.1, -0.05) is 29.8 Å². The summed E-state index contributed by atoms with van der Waals surface area (Å²) in [5.41, 5.74) is 1.10. The number of likely N-dealkylation sites (N-methyl/N-ethyl adjacent to an activating group) is 1. The van der Waals surface area contributed by atoms with E-state index >= 15 is 0 Å². The minimum atomic E-state index is 0.729. The predicted octanol–water partition coefficient (Wildman–Crippen LogP) is 2.32. The zero-order chi connectivity index (χ0) is 17.1. The largest absolute Gasteiger partial charge is 0.383 e. The molecule has 5 nitrogen and oxygen atoms in total. The van der Waals surface area contributed by atoms with Gasteiger partial charge in [-0.25, -0.2) is 0 Å². The normalized spacial score (nSPS) is 11.8. The van der Waals surface area contributed by atoms with Crippen molar-refractivity contribution < 1.29 is 4.74 Å². The molecule has 0 bridgehead atoms. The molecular formula is C17H29ClN4O. The molecule has 0 atom stereocenters. The number of hydrogen-bond donors (Lipinski definition) is 1. The molecule has 0 aliphatic carbocycles. The fourth-order valence-electron chi connectivity index (χ4n) is 2.25. The molecule has 0 radical (unpaired) electrons. The maximum atomic E-state index is 6.22. The first-order valence-electron chi connectivity index (χ1n) is 7.91. The van der Waals surface area contributed by atoms with Crippen molar-refractivity contribution in [3.8, 4) is 0 Å². The number of guanidine groups is 1. The maximum absolute atomic E-state index is 6.22. The molecule has 1 N–H and O–H groups in total. The Morgan fingerprint density at radius 2 is 2.00 bits per heavy atom. The quantitative estimate of drug-likeness (QED) is 0.425. The Morgan fingerprint density at radius 1 is 1.26 bits per heavy atom. The molecule has 23 heavy (non-hydrogen) atoms. The van der Waals surface area contributed by atoms with E-state index in [1.807, 2.05) is 31.3 Å². The molecule has 1 aromatic carbocycles. The summed E-state index contributed by atoms with van der Waals surface area (Å²) >= 11 is 6.22. The highest BCUT2D eigenvalue weighted by Crippen LogP contribution is 2.16. The van der Waals surface area contributed by atoms with Crippen LogP contribution in [-0.4, -0.2) is 70.3 Å². The Morgan fingerprint density at radius 3 is 2.65 bits per heavy atom. The topological polar surface area (TPSA) is 40.1 Å². The molecule has 0 fully saturated rings. The summed E-state index contributed by atoms with van der Waals surface area (Å²) in [4.78, 5) is 8.68. The van der Waals surface area contributed by atoms with Gasteiger partial charge in [0, 0.05) is 45.9 Å². The van der Waals surface area contributed by atoms with E-state index in [0.717, 1.165) is 55.8 Å². The van der Waals surface area contributed by atoms with Gasteiger partial charge in [-0.3, -0.25) is 4.99 Å². The van der Waals surface area contributed by atoms with Gasteiger partial charge in [-0.05, 0) is 31.6 Å². The molecule has 0 aliphatic rings. The third-order valence-electron chi connectivity index (χ3n) is 3.62. The number of benzene rings is 1. The van der Waals surface area contributed by atoms with Crippen LogP contribution in [-0.2, 0) is 11.3 Å². The zero-order valence-electron chi connectivity index (χ0n) is 14.7. The van der Waals surface area contributed by atoms with E-state index in [2.05, 4.69) is 27.2 Å². The van der Waals surface area contributed by atoms with Crippen molar-refractivity contribution in [1.82, 2.24) is 15.1 Å². The van der Waals surface area contributed by atoms with Crippen molar-refractivity contribution in [2.24, 2.45) is 4.99 Å². The van der Waals surface area contributed by atoms with Crippen LogP contribution in [0.4, 0.5) is 0 Å². The van der Waals surface area contributed by atoms with E-state index in [1.54, 1.807) is 14.2 Å². The number of nitrogens with zero attached hydrogens (tertiary/aromatic N) is 3. The van der Waals surface area contributed by atoms with Crippen LogP contribution in [0.5, 0.6) is 0 Å². The first kappa shape index (κ1) is 19.7. The van der Waals surface area contributed by atoms with Crippen LogP contribution in [0.2, 0.25) is 5.02 Å². The van der Waals surface area contributed by atoms with Crippen LogP contribution in [0.15, 0.2) is 29.3 Å². The fraction of sp³-hybridized carbons (Fsp3) is 0.588. The van der Waals surface area contributed by atoms with Crippen LogP contribution in [0, 0.1) is 0 Å². The van der Waals surface area contributed by atoms with Gasteiger partial charge >= 0.3 is 0 Å². The highest BCUT2D eigenvalue weighted by atomic mass is 35.5. The van der Waals surface area contributed by atoms with Crippen molar-refractivity contribution in [3.05, 3.63) is 34.9 Å². The smallest absolute Gasteiger partial charge is 0.193 e. The molecule has 0 aliphatic heterocycles. The van der Waals surface area contributed by atoms with E-state index in [-0.39, 0.29) is 0 Å². The number of ether oxygens (including phenoxy) is 1. The van der Waals surface area contributed by atoms with Crippen LogP contribution in [0.1, 0.15) is 12.0 Å². The number of halogens is 1. The summed E-state index contributed by atoms with van der Waals surface area (Å²) in [5.74, 6) is 0.879. The summed E-state index contributed by atoms with van der Waals surface area (Å²) in [7, 11) is 7.66. The Kier molecular flexibility index (Phi) is 9.67. The molecule has 0 heterocycles. The molecule has 0 spiro atoms. The summed E-state index contributed by atoms with van der Waals surface area (Å²) < 4.78 is 5.08. The van der Waals surface area contributed by atoms with Gasteiger partial charge in [0.15, 0.2) is 5.96 Å². The fourth-order valence-corrected chi connectivity index (χ4v) is 2.45. The van der Waals surface area contributed by atoms with E-state index in [1.165, 1.54) is 0 Å². The third-order valence-corrected chi connectivity index (χ3v) is 3.98. The summed E-state index contributed by atoms with van der Waals surface area (Å²) in [6.07, 6.45) is 1.05. The third kappa shape index (κ3) is 7.68. The maximum Gasteiger partial charge on any atom is 0.193 e. The van der Waals surface area contributed by atoms with Gasteiger partial charge in [0.2, 0.25) is 0 Å². The monoisotopic (exact) mass is 340 g/mol. The van der Waals surface area contributed by atoms with E-state index < -0.39 is 0 Å². The van der Waals surface area contributed by atoms with Crippen LogP contribution in [0.3, 0.4) is 0 Å². The van der Waals surface area contributed by atoms with E-state index in [4.69, 9.17) is 16.3 Å². The summed E-state index contributed by atoms with van der Waals surface area (Å²) in [6.45, 7) is 4.37. The highest BCUT2D eigenvalue weighted by molar-refractivity contribution is 6.31. The van der Waals surface area contributed by atoms with Gasteiger partial charge in [-0.15, -0.1) is 0 Å². The Labute approximate surface area is 145 Å². The molecule has 0 unspecified atom stereocenters. The van der Waals surface area contributed by atoms with Crippen molar-refractivity contribution in [3.63, 3.8) is 0 Å². The number of hydrogen-bond acceptors (Lipinski definition) is 3. The van der Waals surface area contributed by atoms with Gasteiger partial charge < -0.3 is 19.9 Å². The molecule has 1 rings (SSSR count). The number of nitrogens with one attached hydrogen (secondary N) is 1. The van der Waals surface area contributed by atoms with Crippen molar-refractivity contribution in [2.75, 3.05) is 54.5 Å². The molecule has 130 valence electrons. The number of aliphatic imine (C=N–C) groups is 1. The first-order chi connectivity index (χ1) is 11.1. The molecule has 1 aromatic rings. The van der Waals surface area contributed by atoms with Crippen LogP contribution >= 0.6 is 11.6 Å². The molecule has 0 aromatic heterocycles. The highest BCUT2D eigenvalue weighted by Gasteiger charge is 2.08. The summed E-state index contributed by atoms with van der Waals surface area (Å²) in [5, 5.41) is 4.18. The lowest BCUT2D eigenvalue weighted by Gasteiger charge is -2.23. The predicted molar refractivity (Wildman–Crippen MR) is 98.3 cm³/mol. The standard InChI is InChI=1S/C17H29ClN4O/c1-19-17(20-10-7-11-21(2)12-13-23-4)22(3)14-15-8-5-6-9-16(15)18/h5-6,8-9H,7,10-14H2,1-4H3,(H,19,20). The Hall–Kier alpha value is -1.30. The SMILES string of the molecule is CN=C(NCCCN(C)CCOC)N(C)Cc1ccccc1Cl. The van der Waals surface area contributed by atoms with Crippen molar-refractivity contribution >= 4 is 17.6 Å². The lowest BCUT2D eigenvalue weighted by atomic mass is 10.2.